The van der Waals surface area contributed by atoms with Gasteiger partial charge < -0.3 is 10.1 Å². The number of hydrogen-bond acceptors (Lipinski definition) is 3. The van der Waals surface area contributed by atoms with Crippen molar-refractivity contribution in [2.24, 2.45) is 5.92 Å². The Bertz CT molecular complexity index is 407. The highest BCUT2D eigenvalue weighted by Gasteiger charge is 2.35. The van der Waals surface area contributed by atoms with Crippen LogP contribution in [0.5, 0.6) is 5.75 Å². The minimum Gasteiger partial charge on any atom is -0.492 e. The van der Waals surface area contributed by atoms with Crippen LogP contribution in [0, 0.1) is 5.92 Å². The lowest BCUT2D eigenvalue weighted by Crippen LogP contribution is -2.50. The summed E-state index contributed by atoms with van der Waals surface area (Å²) < 4.78 is 5.84. The molecule has 1 heterocycles. The van der Waals surface area contributed by atoms with E-state index >= 15 is 0 Å². The molecule has 3 rings (SSSR count). The molecule has 0 saturated heterocycles. The summed E-state index contributed by atoms with van der Waals surface area (Å²) in [7, 11) is 2.05. The lowest BCUT2D eigenvalue weighted by atomic mass is 9.78. The first-order chi connectivity index (χ1) is 8.88. The van der Waals surface area contributed by atoms with E-state index in [-0.39, 0.29) is 0 Å². The summed E-state index contributed by atoms with van der Waals surface area (Å²) in [4.78, 5) is 2.61. The maximum absolute atomic E-state index is 5.84. The van der Waals surface area contributed by atoms with Crippen LogP contribution < -0.4 is 10.1 Å². The summed E-state index contributed by atoms with van der Waals surface area (Å²) in [6.45, 7) is 4.06. The van der Waals surface area contributed by atoms with Crippen LogP contribution in [-0.4, -0.2) is 37.7 Å². The van der Waals surface area contributed by atoms with Gasteiger partial charge in [0, 0.05) is 24.7 Å². The molecule has 1 fully saturated rings. The quantitative estimate of drug-likeness (QED) is 0.881. The Morgan fingerprint density at radius 1 is 1.33 bits per heavy atom. The van der Waals surface area contributed by atoms with Gasteiger partial charge >= 0.3 is 0 Å². The van der Waals surface area contributed by atoms with Gasteiger partial charge in [0.15, 0.2) is 0 Å². The van der Waals surface area contributed by atoms with Crippen molar-refractivity contribution in [3.8, 4) is 5.75 Å². The van der Waals surface area contributed by atoms with Gasteiger partial charge in [-0.25, -0.2) is 0 Å². The zero-order valence-electron chi connectivity index (χ0n) is 11.1. The predicted molar refractivity (Wildman–Crippen MR) is 72.8 cm³/mol. The van der Waals surface area contributed by atoms with Crippen molar-refractivity contribution in [3.63, 3.8) is 0 Å². The fraction of sp³-hybridized carbons (Fsp3) is 0.600. The van der Waals surface area contributed by atoms with Crippen molar-refractivity contribution in [2.45, 2.75) is 25.4 Å². The van der Waals surface area contributed by atoms with Crippen LogP contribution in [0.2, 0.25) is 0 Å². The maximum Gasteiger partial charge on any atom is 0.123 e. The van der Waals surface area contributed by atoms with Gasteiger partial charge in [0.1, 0.15) is 12.4 Å². The van der Waals surface area contributed by atoms with E-state index in [1.807, 2.05) is 0 Å². The molecule has 1 aliphatic carbocycles. The number of benzene rings is 1. The summed E-state index contributed by atoms with van der Waals surface area (Å²) in [5, 5.41) is 3.32. The molecule has 18 heavy (non-hydrogen) atoms. The fourth-order valence-corrected chi connectivity index (χ4v) is 3.16. The van der Waals surface area contributed by atoms with Crippen LogP contribution in [0.4, 0.5) is 0 Å². The highest BCUT2D eigenvalue weighted by Crippen LogP contribution is 2.34. The van der Waals surface area contributed by atoms with E-state index in [0.717, 1.165) is 44.0 Å². The predicted octanol–water partition coefficient (Wildman–Crippen LogP) is 1.88. The van der Waals surface area contributed by atoms with Crippen molar-refractivity contribution in [1.82, 2.24) is 10.2 Å². The highest BCUT2D eigenvalue weighted by molar-refractivity contribution is 5.33. The van der Waals surface area contributed by atoms with Crippen LogP contribution in [0.25, 0.3) is 0 Å². The lowest BCUT2D eigenvalue weighted by molar-refractivity contribution is 0.0523. The summed E-state index contributed by atoms with van der Waals surface area (Å²) in [5.41, 5.74) is 1.34. The van der Waals surface area contributed by atoms with Gasteiger partial charge in [-0.15, -0.1) is 0 Å². The van der Waals surface area contributed by atoms with Gasteiger partial charge in [0.05, 0.1) is 0 Å². The summed E-state index contributed by atoms with van der Waals surface area (Å²) in [6.07, 6.45) is 2.71. The van der Waals surface area contributed by atoms with Gasteiger partial charge in [0.25, 0.3) is 0 Å². The summed E-state index contributed by atoms with van der Waals surface area (Å²) >= 11 is 0. The Morgan fingerprint density at radius 3 is 3.00 bits per heavy atom. The standard InChI is InChI=1S/C15H22N2O/c1-16-10-12-6-7-14(12)17-8-9-18-15-5-3-2-4-13(15)11-17/h2-5,12,14,16H,6-11H2,1H3. The molecule has 98 valence electrons. The third kappa shape index (κ3) is 2.25. The zero-order valence-corrected chi connectivity index (χ0v) is 11.1. The Labute approximate surface area is 109 Å². The topological polar surface area (TPSA) is 24.5 Å². The van der Waals surface area contributed by atoms with E-state index in [4.69, 9.17) is 4.74 Å². The fourth-order valence-electron chi connectivity index (χ4n) is 3.16. The molecule has 1 aromatic rings. The van der Waals surface area contributed by atoms with Crippen LogP contribution in [0.15, 0.2) is 24.3 Å². The largest absolute Gasteiger partial charge is 0.492 e. The SMILES string of the molecule is CNCC1CCC1N1CCOc2ccccc2C1. The van der Waals surface area contributed by atoms with E-state index in [1.54, 1.807) is 0 Å². The van der Waals surface area contributed by atoms with Crippen molar-refractivity contribution >= 4 is 0 Å². The molecule has 3 heteroatoms. The minimum atomic E-state index is 0.743. The Hall–Kier alpha value is -1.06. The van der Waals surface area contributed by atoms with Gasteiger partial charge in [-0.05, 0) is 38.4 Å². The summed E-state index contributed by atoms with van der Waals surface area (Å²) in [6, 6.07) is 9.19. The Kier molecular flexibility index (Phi) is 3.52. The first kappa shape index (κ1) is 12.0. The number of ether oxygens (including phenoxy) is 1. The van der Waals surface area contributed by atoms with Crippen LogP contribution in [-0.2, 0) is 6.54 Å². The molecule has 0 radical (unpaired) electrons. The maximum atomic E-state index is 5.84. The van der Waals surface area contributed by atoms with Gasteiger partial charge in [-0.2, -0.15) is 0 Å². The smallest absolute Gasteiger partial charge is 0.123 e. The van der Waals surface area contributed by atoms with E-state index < -0.39 is 0 Å². The molecule has 1 N–H and O–H groups in total. The number of rotatable bonds is 3. The highest BCUT2D eigenvalue weighted by atomic mass is 16.5. The van der Waals surface area contributed by atoms with Gasteiger partial charge in [0.2, 0.25) is 0 Å². The molecule has 0 bridgehead atoms. The lowest BCUT2D eigenvalue weighted by Gasteiger charge is -2.44. The summed E-state index contributed by atoms with van der Waals surface area (Å²) in [5.74, 6) is 1.89. The van der Waals surface area contributed by atoms with Gasteiger partial charge in [-0.3, -0.25) is 4.90 Å². The van der Waals surface area contributed by atoms with Crippen LogP contribution in [0.1, 0.15) is 18.4 Å². The average molecular weight is 246 g/mol. The monoisotopic (exact) mass is 246 g/mol. The number of para-hydroxylation sites is 1. The second-order valence-electron chi connectivity index (χ2n) is 5.39. The Balaban J connectivity index is 1.71. The molecule has 2 unspecified atom stereocenters. The van der Waals surface area contributed by atoms with Crippen molar-refractivity contribution in [3.05, 3.63) is 29.8 Å². The van der Waals surface area contributed by atoms with Crippen LogP contribution in [0.3, 0.4) is 0 Å². The zero-order chi connectivity index (χ0) is 12.4. The number of hydrogen-bond donors (Lipinski definition) is 1. The molecule has 1 saturated carbocycles. The van der Waals surface area contributed by atoms with Crippen molar-refractivity contribution < 1.29 is 4.74 Å². The number of fused-ring (bicyclic) bond motifs is 1. The first-order valence-corrected chi connectivity index (χ1v) is 6.98. The van der Waals surface area contributed by atoms with Crippen LogP contribution >= 0.6 is 0 Å². The molecule has 2 aliphatic rings. The second kappa shape index (κ2) is 5.29. The molecule has 1 aromatic carbocycles. The average Bonchev–Trinajstić information content (AvgIpc) is 2.56. The molecular weight excluding hydrogens is 224 g/mol. The van der Waals surface area contributed by atoms with Gasteiger partial charge in [-0.1, -0.05) is 18.2 Å². The molecule has 0 amide bonds. The number of nitrogens with one attached hydrogen (secondary N) is 1. The third-order valence-corrected chi connectivity index (χ3v) is 4.29. The van der Waals surface area contributed by atoms with E-state index in [0.29, 0.717) is 0 Å². The van der Waals surface area contributed by atoms with E-state index in [9.17, 15) is 0 Å². The first-order valence-electron chi connectivity index (χ1n) is 6.98. The molecular formula is C15H22N2O. The normalized spacial score (nSPS) is 27.8. The van der Waals surface area contributed by atoms with Crippen molar-refractivity contribution in [2.75, 3.05) is 26.7 Å². The minimum absolute atomic E-state index is 0.743. The molecule has 0 spiro atoms. The molecule has 0 aromatic heterocycles. The second-order valence-corrected chi connectivity index (χ2v) is 5.39. The third-order valence-electron chi connectivity index (χ3n) is 4.29. The Morgan fingerprint density at radius 2 is 2.22 bits per heavy atom. The molecule has 1 aliphatic heterocycles. The molecule has 2 atom stereocenters. The molecule has 3 nitrogen and oxygen atoms in total. The van der Waals surface area contributed by atoms with E-state index in [1.165, 1.54) is 18.4 Å². The number of nitrogens with zero attached hydrogens (tertiary/aromatic N) is 1. The van der Waals surface area contributed by atoms with Crippen molar-refractivity contribution in [1.29, 1.82) is 0 Å². The van der Waals surface area contributed by atoms with E-state index in [2.05, 4.69) is 41.5 Å².